The number of anilines is 1. The monoisotopic (exact) mass is 359 g/mol. The largest absolute Gasteiger partial charge is 0.456 e. The molecule has 0 aliphatic heterocycles. The molecule has 0 aliphatic carbocycles. The minimum Gasteiger partial charge on any atom is -0.456 e. The van der Waals surface area contributed by atoms with Gasteiger partial charge in [-0.3, -0.25) is 4.79 Å². The van der Waals surface area contributed by atoms with E-state index in [2.05, 4.69) is 5.32 Å². The van der Waals surface area contributed by atoms with E-state index in [1.165, 1.54) is 13.2 Å². The Balaban J connectivity index is 2.08. The first-order valence-electron chi connectivity index (χ1n) is 6.21. The maximum Gasteiger partial charge on any atom is 0.250 e. The fourth-order valence-corrected chi connectivity index (χ4v) is 2.22. The first-order valence-corrected chi connectivity index (χ1v) is 7.34. The van der Waals surface area contributed by atoms with Crippen molar-refractivity contribution >= 4 is 46.4 Å². The molecule has 22 heavy (non-hydrogen) atoms. The number of methoxy groups -OCH3 is 1. The number of hydrogen-bond acceptors (Lipinski definition) is 3. The van der Waals surface area contributed by atoms with Crippen molar-refractivity contribution in [3.63, 3.8) is 0 Å². The SMILES string of the molecule is COCC(=O)Nc1ccc(Oc2cc(Cl)c(Cl)cc2Cl)cc1. The van der Waals surface area contributed by atoms with E-state index in [0.717, 1.165) is 0 Å². The van der Waals surface area contributed by atoms with Gasteiger partial charge in [-0.15, -0.1) is 0 Å². The molecular weight excluding hydrogens is 349 g/mol. The minimum absolute atomic E-state index is 0.00284. The number of rotatable bonds is 5. The molecule has 4 nitrogen and oxygen atoms in total. The van der Waals surface area contributed by atoms with Gasteiger partial charge in [0.2, 0.25) is 5.91 Å². The molecule has 0 atom stereocenters. The molecule has 2 rings (SSSR count). The van der Waals surface area contributed by atoms with E-state index in [0.29, 0.717) is 32.3 Å². The summed E-state index contributed by atoms with van der Waals surface area (Å²) in [7, 11) is 1.46. The average molecular weight is 361 g/mol. The lowest BCUT2D eigenvalue weighted by Gasteiger charge is -2.10. The number of carbonyl (C=O) groups excluding carboxylic acids is 1. The van der Waals surface area contributed by atoms with Crippen molar-refractivity contribution in [3.8, 4) is 11.5 Å². The molecule has 116 valence electrons. The second-order valence-electron chi connectivity index (χ2n) is 4.30. The highest BCUT2D eigenvalue weighted by atomic mass is 35.5. The molecule has 0 spiro atoms. The molecular formula is C15H12Cl3NO3. The zero-order chi connectivity index (χ0) is 16.1. The van der Waals surface area contributed by atoms with E-state index in [9.17, 15) is 4.79 Å². The van der Waals surface area contributed by atoms with Crippen LogP contribution < -0.4 is 10.1 Å². The van der Waals surface area contributed by atoms with Crippen LogP contribution in [0.15, 0.2) is 36.4 Å². The van der Waals surface area contributed by atoms with Gasteiger partial charge >= 0.3 is 0 Å². The van der Waals surface area contributed by atoms with Crippen molar-refractivity contribution < 1.29 is 14.3 Å². The molecule has 2 aromatic carbocycles. The van der Waals surface area contributed by atoms with Crippen molar-refractivity contribution in [1.29, 1.82) is 0 Å². The smallest absolute Gasteiger partial charge is 0.250 e. The summed E-state index contributed by atoms with van der Waals surface area (Å²) in [6, 6.07) is 9.85. The third-order valence-corrected chi connectivity index (χ3v) is 3.63. The minimum atomic E-state index is -0.233. The molecule has 0 aliphatic rings. The lowest BCUT2D eigenvalue weighted by atomic mass is 10.3. The lowest BCUT2D eigenvalue weighted by Crippen LogP contribution is -2.16. The van der Waals surface area contributed by atoms with Crippen molar-refractivity contribution in [3.05, 3.63) is 51.5 Å². The molecule has 0 saturated heterocycles. The maximum atomic E-state index is 11.4. The molecule has 2 aromatic rings. The molecule has 1 amide bonds. The molecule has 0 fully saturated rings. The second kappa shape index (κ2) is 7.70. The van der Waals surface area contributed by atoms with Crippen LogP contribution in [0.25, 0.3) is 0 Å². The summed E-state index contributed by atoms with van der Waals surface area (Å²) in [6.45, 7) is -0.00284. The normalized spacial score (nSPS) is 10.4. The number of amides is 1. The second-order valence-corrected chi connectivity index (χ2v) is 5.53. The van der Waals surface area contributed by atoms with Gasteiger partial charge in [-0.05, 0) is 30.3 Å². The Morgan fingerprint density at radius 2 is 1.68 bits per heavy atom. The topological polar surface area (TPSA) is 47.6 Å². The van der Waals surface area contributed by atoms with E-state index in [1.54, 1.807) is 30.3 Å². The van der Waals surface area contributed by atoms with Gasteiger partial charge in [-0.1, -0.05) is 34.8 Å². The third kappa shape index (κ3) is 4.52. The summed E-state index contributed by atoms with van der Waals surface area (Å²) in [5.41, 5.74) is 0.634. The summed E-state index contributed by atoms with van der Waals surface area (Å²) >= 11 is 17.8. The predicted octanol–water partition coefficient (Wildman–Crippen LogP) is 5.02. The van der Waals surface area contributed by atoms with Gasteiger partial charge in [0.25, 0.3) is 0 Å². The first kappa shape index (κ1) is 16.9. The lowest BCUT2D eigenvalue weighted by molar-refractivity contribution is -0.119. The van der Waals surface area contributed by atoms with Crippen molar-refractivity contribution in [2.75, 3.05) is 19.0 Å². The molecule has 0 radical (unpaired) electrons. The van der Waals surface area contributed by atoms with Crippen LogP contribution in [0.5, 0.6) is 11.5 Å². The van der Waals surface area contributed by atoms with Crippen LogP contribution in [0.1, 0.15) is 0 Å². The van der Waals surface area contributed by atoms with Crippen LogP contribution in [-0.4, -0.2) is 19.6 Å². The number of nitrogens with one attached hydrogen (secondary N) is 1. The molecule has 0 saturated carbocycles. The first-order chi connectivity index (χ1) is 10.5. The highest BCUT2D eigenvalue weighted by Gasteiger charge is 2.08. The molecule has 0 unspecified atom stereocenters. The van der Waals surface area contributed by atoms with Crippen LogP contribution in [0, 0.1) is 0 Å². The zero-order valence-electron chi connectivity index (χ0n) is 11.5. The highest BCUT2D eigenvalue weighted by molar-refractivity contribution is 6.43. The summed E-state index contributed by atoms with van der Waals surface area (Å²) in [5.74, 6) is 0.709. The molecule has 1 N–H and O–H groups in total. The Labute approximate surface area is 142 Å². The Morgan fingerprint density at radius 1 is 1.05 bits per heavy atom. The van der Waals surface area contributed by atoms with Gasteiger partial charge in [0.05, 0.1) is 15.1 Å². The van der Waals surface area contributed by atoms with E-state index < -0.39 is 0 Å². The molecule has 0 bridgehead atoms. The van der Waals surface area contributed by atoms with Crippen LogP contribution in [0.3, 0.4) is 0 Å². The van der Waals surface area contributed by atoms with Crippen molar-refractivity contribution in [2.24, 2.45) is 0 Å². The van der Waals surface area contributed by atoms with Gasteiger partial charge in [-0.2, -0.15) is 0 Å². The number of carbonyl (C=O) groups is 1. The fraction of sp³-hybridized carbons (Fsp3) is 0.133. The Morgan fingerprint density at radius 3 is 2.32 bits per heavy atom. The van der Waals surface area contributed by atoms with Gasteiger partial charge in [0.15, 0.2) is 0 Å². The quantitative estimate of drug-likeness (QED) is 0.761. The van der Waals surface area contributed by atoms with E-state index in [4.69, 9.17) is 44.3 Å². The van der Waals surface area contributed by atoms with Crippen LogP contribution in [0.4, 0.5) is 5.69 Å². The Hall–Kier alpha value is -1.46. The van der Waals surface area contributed by atoms with Gasteiger partial charge < -0.3 is 14.8 Å². The summed E-state index contributed by atoms with van der Waals surface area (Å²) < 4.78 is 10.4. The fourth-order valence-electron chi connectivity index (χ4n) is 1.64. The molecule has 7 heteroatoms. The average Bonchev–Trinajstić information content (AvgIpc) is 2.47. The molecule has 0 aromatic heterocycles. The van der Waals surface area contributed by atoms with Gasteiger partial charge in [0, 0.05) is 18.9 Å². The van der Waals surface area contributed by atoms with Crippen LogP contribution >= 0.6 is 34.8 Å². The van der Waals surface area contributed by atoms with Crippen LogP contribution in [0.2, 0.25) is 15.1 Å². The standard InChI is InChI=1S/C15H12Cl3NO3/c1-21-8-15(20)19-9-2-4-10(5-3-9)22-14-7-12(17)11(16)6-13(14)18/h2-7H,8H2,1H3,(H,19,20). The predicted molar refractivity (Wildman–Crippen MR) is 88.5 cm³/mol. The van der Waals surface area contributed by atoms with E-state index >= 15 is 0 Å². The molecule has 0 heterocycles. The van der Waals surface area contributed by atoms with Crippen LogP contribution in [-0.2, 0) is 9.53 Å². The summed E-state index contributed by atoms with van der Waals surface area (Å²) in [5, 5.41) is 3.74. The van der Waals surface area contributed by atoms with Gasteiger partial charge in [0.1, 0.15) is 18.1 Å². The van der Waals surface area contributed by atoms with E-state index in [-0.39, 0.29) is 12.5 Å². The third-order valence-electron chi connectivity index (χ3n) is 2.62. The number of benzene rings is 2. The Kier molecular flexibility index (Phi) is 5.91. The van der Waals surface area contributed by atoms with E-state index in [1.807, 2.05) is 0 Å². The van der Waals surface area contributed by atoms with Gasteiger partial charge in [-0.25, -0.2) is 0 Å². The summed E-state index contributed by atoms with van der Waals surface area (Å²) in [4.78, 5) is 11.4. The van der Waals surface area contributed by atoms with Crippen molar-refractivity contribution in [1.82, 2.24) is 0 Å². The van der Waals surface area contributed by atoms with Crippen molar-refractivity contribution in [2.45, 2.75) is 0 Å². The highest BCUT2D eigenvalue weighted by Crippen LogP contribution is 2.36. The number of hydrogen-bond donors (Lipinski definition) is 1. The number of halogens is 3. The zero-order valence-corrected chi connectivity index (χ0v) is 13.8. The Bertz CT molecular complexity index is 674. The number of ether oxygens (including phenoxy) is 2. The maximum absolute atomic E-state index is 11.4. The summed E-state index contributed by atoms with van der Waals surface area (Å²) in [6.07, 6.45) is 0.